The second-order valence-corrected chi connectivity index (χ2v) is 8.83. The molecule has 0 radical (unpaired) electrons. The predicted molar refractivity (Wildman–Crippen MR) is 116 cm³/mol. The van der Waals surface area contributed by atoms with Crippen molar-refractivity contribution in [3.8, 4) is 0 Å². The van der Waals surface area contributed by atoms with Crippen molar-refractivity contribution in [3.05, 3.63) is 52.7 Å². The number of halogens is 4. The van der Waals surface area contributed by atoms with Crippen LogP contribution in [0.2, 0.25) is 0 Å². The van der Waals surface area contributed by atoms with Gasteiger partial charge in [-0.05, 0) is 26.0 Å². The Morgan fingerprint density at radius 2 is 2.00 bits per heavy atom. The Balaban J connectivity index is 1.54. The molecular weight excluding hydrogens is 454 g/mol. The molecule has 2 aliphatic heterocycles. The number of hydrogen-bond acceptors (Lipinski definition) is 5. The van der Waals surface area contributed by atoms with Gasteiger partial charge in [-0.15, -0.1) is 0 Å². The van der Waals surface area contributed by atoms with Crippen LogP contribution in [0.5, 0.6) is 0 Å². The summed E-state index contributed by atoms with van der Waals surface area (Å²) in [6.07, 6.45) is -4.79. The van der Waals surface area contributed by atoms with Gasteiger partial charge in [0.1, 0.15) is 28.7 Å². The lowest BCUT2D eigenvalue weighted by molar-refractivity contribution is -0.180. The van der Waals surface area contributed by atoms with Crippen molar-refractivity contribution in [2.24, 2.45) is 0 Å². The van der Waals surface area contributed by atoms with E-state index in [-0.39, 0.29) is 11.5 Å². The summed E-state index contributed by atoms with van der Waals surface area (Å²) in [6.45, 7) is 6.69. The Morgan fingerprint density at radius 3 is 2.68 bits per heavy atom. The van der Waals surface area contributed by atoms with E-state index < -0.39 is 29.2 Å². The van der Waals surface area contributed by atoms with Crippen LogP contribution in [0, 0.1) is 12.7 Å². The van der Waals surface area contributed by atoms with E-state index in [1.54, 1.807) is 18.7 Å². The van der Waals surface area contributed by atoms with Crippen molar-refractivity contribution in [1.29, 1.82) is 0 Å². The van der Waals surface area contributed by atoms with Crippen LogP contribution >= 0.6 is 0 Å². The lowest BCUT2D eigenvalue weighted by atomic mass is 9.88. The highest BCUT2D eigenvalue weighted by atomic mass is 19.4. The Labute approximate surface area is 192 Å². The second-order valence-electron chi connectivity index (χ2n) is 8.83. The summed E-state index contributed by atoms with van der Waals surface area (Å²) in [7, 11) is 0. The van der Waals surface area contributed by atoms with Gasteiger partial charge in [0.15, 0.2) is 0 Å². The van der Waals surface area contributed by atoms with Crippen LogP contribution in [-0.4, -0.2) is 45.0 Å². The largest absolute Gasteiger partial charge is 0.419 e. The molecule has 7 nitrogen and oxygen atoms in total. The van der Waals surface area contributed by atoms with Crippen molar-refractivity contribution in [2.45, 2.75) is 45.1 Å². The van der Waals surface area contributed by atoms with Gasteiger partial charge < -0.3 is 19.5 Å². The summed E-state index contributed by atoms with van der Waals surface area (Å²) in [5.74, 6) is -0.476. The minimum absolute atomic E-state index is 0.0302. The number of aryl methyl sites for hydroxylation is 1. The number of ether oxygens (including phenoxy) is 1. The molecule has 0 bridgehead atoms. The molecule has 1 aromatic carbocycles. The van der Waals surface area contributed by atoms with Crippen molar-refractivity contribution in [3.63, 3.8) is 0 Å². The Morgan fingerprint density at radius 1 is 1.26 bits per heavy atom. The van der Waals surface area contributed by atoms with Gasteiger partial charge in [0.25, 0.3) is 0 Å². The third kappa shape index (κ3) is 3.49. The normalized spacial score (nSPS) is 18.0. The van der Waals surface area contributed by atoms with E-state index in [1.165, 1.54) is 19.1 Å². The number of amides is 1. The molecule has 1 atom stereocenters. The summed E-state index contributed by atoms with van der Waals surface area (Å²) in [6, 6.07) is 4.34. The highest BCUT2D eigenvalue weighted by Crippen LogP contribution is 2.42. The molecule has 2 aliphatic rings. The maximum atomic E-state index is 14.7. The Kier molecular flexibility index (Phi) is 5.08. The van der Waals surface area contributed by atoms with Crippen LogP contribution in [0.3, 0.4) is 0 Å². The molecule has 3 aromatic rings. The van der Waals surface area contributed by atoms with Gasteiger partial charge in [-0.2, -0.15) is 13.2 Å². The van der Waals surface area contributed by atoms with E-state index in [0.29, 0.717) is 48.9 Å². The first-order valence-corrected chi connectivity index (χ1v) is 10.9. The number of nitrogens with zero attached hydrogens (tertiary/aromatic N) is 4. The van der Waals surface area contributed by atoms with Crippen molar-refractivity contribution in [2.75, 3.05) is 25.0 Å². The molecule has 0 aliphatic carbocycles. The van der Waals surface area contributed by atoms with E-state index in [1.807, 2.05) is 10.6 Å². The zero-order chi connectivity index (χ0) is 24.4. The third-order valence-corrected chi connectivity index (χ3v) is 6.52. The van der Waals surface area contributed by atoms with Gasteiger partial charge in [-0.3, -0.25) is 4.79 Å². The Hall–Kier alpha value is -3.21. The number of fused-ring (bicyclic) bond motifs is 4. The molecule has 34 heavy (non-hydrogen) atoms. The third-order valence-electron chi connectivity index (χ3n) is 6.52. The maximum absolute atomic E-state index is 14.7. The van der Waals surface area contributed by atoms with Crippen molar-refractivity contribution in [1.82, 2.24) is 19.4 Å². The zero-order valence-electron chi connectivity index (χ0n) is 18.8. The number of carbonyl (C=O) groups excluding carboxylic acids is 1. The molecular formula is C23H23F4N5O2. The standard InChI is InChI=1S/C23H23F4N5O2/c1-12(15-5-4-6-17(19(15)24)23(25,26)27)28-20-16-9-18-22(10-31(11-22)14(3)33)34-8-7-32(18)21(16)30-13(2)29-20/h4-6,9,12H,7-8,10-11H2,1-3H3,(H,28,29,30)/t12-/m1/s1. The first-order chi connectivity index (χ1) is 16.0. The smallest absolute Gasteiger partial charge is 0.363 e. The quantitative estimate of drug-likeness (QED) is 0.574. The van der Waals surface area contributed by atoms with Gasteiger partial charge in [0.2, 0.25) is 5.91 Å². The molecule has 5 rings (SSSR count). The van der Waals surface area contributed by atoms with Gasteiger partial charge in [-0.1, -0.05) is 12.1 Å². The van der Waals surface area contributed by atoms with E-state index in [0.717, 1.165) is 11.8 Å². The maximum Gasteiger partial charge on any atom is 0.419 e. The first-order valence-electron chi connectivity index (χ1n) is 10.9. The topological polar surface area (TPSA) is 72.3 Å². The number of nitrogens with one attached hydrogen (secondary N) is 1. The lowest BCUT2D eigenvalue weighted by Gasteiger charge is -2.51. The molecule has 1 N–H and O–H groups in total. The fraction of sp³-hybridized carbons (Fsp3) is 0.435. The average molecular weight is 477 g/mol. The molecule has 1 fully saturated rings. The van der Waals surface area contributed by atoms with E-state index in [2.05, 4.69) is 15.3 Å². The summed E-state index contributed by atoms with van der Waals surface area (Å²) in [5, 5.41) is 3.74. The number of hydrogen-bond donors (Lipinski definition) is 1. The van der Waals surface area contributed by atoms with Crippen LogP contribution in [0.15, 0.2) is 24.3 Å². The number of alkyl halides is 3. The fourth-order valence-electron chi connectivity index (χ4n) is 4.79. The van der Waals surface area contributed by atoms with Crippen LogP contribution in [0.25, 0.3) is 11.0 Å². The highest BCUT2D eigenvalue weighted by Gasteiger charge is 2.50. The summed E-state index contributed by atoms with van der Waals surface area (Å²) in [5.41, 5.74) is -0.521. The predicted octanol–water partition coefficient (Wildman–Crippen LogP) is 4.16. The number of carbonyl (C=O) groups is 1. The van der Waals surface area contributed by atoms with Crippen LogP contribution in [0.4, 0.5) is 23.4 Å². The molecule has 0 unspecified atom stereocenters. The molecule has 1 saturated heterocycles. The molecule has 4 heterocycles. The molecule has 180 valence electrons. The summed E-state index contributed by atoms with van der Waals surface area (Å²) < 4.78 is 62.4. The van der Waals surface area contributed by atoms with E-state index in [4.69, 9.17) is 4.74 Å². The SMILES string of the molecule is CC(=O)N1CC2(C1)OCCn1c2cc2c(N[C@H](C)c3cccc(C(F)(F)F)c3F)nc(C)nc21. The minimum atomic E-state index is -4.79. The number of aromatic nitrogens is 3. The lowest BCUT2D eigenvalue weighted by Crippen LogP contribution is -2.64. The minimum Gasteiger partial charge on any atom is -0.363 e. The Bertz CT molecular complexity index is 1300. The number of rotatable bonds is 3. The molecule has 1 spiro atoms. The van der Waals surface area contributed by atoms with E-state index in [9.17, 15) is 22.4 Å². The fourth-order valence-corrected chi connectivity index (χ4v) is 4.79. The molecule has 0 saturated carbocycles. The molecule has 2 aromatic heterocycles. The van der Waals surface area contributed by atoms with E-state index >= 15 is 0 Å². The van der Waals surface area contributed by atoms with Gasteiger partial charge in [0.05, 0.1) is 42.4 Å². The van der Waals surface area contributed by atoms with Gasteiger partial charge in [0, 0.05) is 19.0 Å². The highest BCUT2D eigenvalue weighted by molar-refractivity contribution is 5.89. The monoisotopic (exact) mass is 477 g/mol. The average Bonchev–Trinajstić information content (AvgIpc) is 3.10. The first kappa shape index (κ1) is 22.6. The van der Waals surface area contributed by atoms with Crippen LogP contribution in [0.1, 0.15) is 42.5 Å². The molecule has 1 amide bonds. The van der Waals surface area contributed by atoms with Crippen LogP contribution < -0.4 is 5.32 Å². The number of likely N-dealkylation sites (tertiary alicyclic amines) is 1. The van der Waals surface area contributed by atoms with Crippen LogP contribution in [-0.2, 0) is 27.9 Å². The second kappa shape index (κ2) is 7.66. The number of benzene rings is 1. The molecule has 11 heteroatoms. The van der Waals surface area contributed by atoms with Crippen molar-refractivity contribution < 1.29 is 27.1 Å². The summed E-state index contributed by atoms with van der Waals surface area (Å²) >= 11 is 0. The summed E-state index contributed by atoms with van der Waals surface area (Å²) in [4.78, 5) is 22.5. The van der Waals surface area contributed by atoms with Crippen molar-refractivity contribution >= 4 is 22.8 Å². The van der Waals surface area contributed by atoms with Gasteiger partial charge in [-0.25, -0.2) is 14.4 Å². The van der Waals surface area contributed by atoms with Gasteiger partial charge >= 0.3 is 6.18 Å². The number of anilines is 1. The zero-order valence-corrected chi connectivity index (χ0v) is 18.8.